The molecule has 2 aliphatic heterocycles. The number of hydrogen-bond donors (Lipinski definition) is 2. The molecule has 1 saturated heterocycles. The first-order valence-corrected chi connectivity index (χ1v) is 10.9. The number of aromatic nitrogens is 1. The average molecular weight is 454 g/mol. The van der Waals surface area contributed by atoms with Crippen molar-refractivity contribution >= 4 is 0 Å². The molecule has 0 radical (unpaired) electrons. The van der Waals surface area contributed by atoms with Crippen molar-refractivity contribution in [1.29, 1.82) is 5.26 Å². The highest BCUT2D eigenvalue weighted by atomic mass is 16.5. The van der Waals surface area contributed by atoms with Crippen molar-refractivity contribution in [3.05, 3.63) is 62.9 Å². The predicted molar refractivity (Wildman–Crippen MR) is 121 cm³/mol. The fraction of sp³-hybridized carbons (Fsp3) is 0.417. The van der Waals surface area contributed by atoms with Crippen LogP contribution in [-0.4, -0.2) is 51.6 Å². The first-order valence-electron chi connectivity index (χ1n) is 10.9. The SMILES string of the molecule is COc1cccc([C@@H]2C(C#N)=C(N)Oc3cc(C)n(CC[NH+]4CCOCC4)c(=O)c32)c1OC. The van der Waals surface area contributed by atoms with Gasteiger partial charge < -0.3 is 34.1 Å². The highest BCUT2D eigenvalue weighted by Gasteiger charge is 2.36. The van der Waals surface area contributed by atoms with E-state index in [2.05, 4.69) is 6.07 Å². The molecule has 33 heavy (non-hydrogen) atoms. The molecule has 4 rings (SSSR count). The maximum Gasteiger partial charge on any atom is 0.258 e. The maximum atomic E-state index is 13.8. The molecule has 0 unspecified atom stereocenters. The molecule has 0 spiro atoms. The third-order valence-electron chi connectivity index (χ3n) is 6.32. The van der Waals surface area contributed by atoms with Crippen molar-refractivity contribution in [2.24, 2.45) is 5.73 Å². The maximum absolute atomic E-state index is 13.8. The molecule has 9 heteroatoms. The van der Waals surface area contributed by atoms with Gasteiger partial charge in [0.15, 0.2) is 11.5 Å². The van der Waals surface area contributed by atoms with E-state index >= 15 is 0 Å². The molecule has 1 aromatic heterocycles. The lowest BCUT2D eigenvalue weighted by molar-refractivity contribution is -0.908. The van der Waals surface area contributed by atoms with E-state index in [1.807, 2.05) is 19.1 Å². The number of benzene rings is 1. The first-order chi connectivity index (χ1) is 16.0. The van der Waals surface area contributed by atoms with E-state index in [-0.39, 0.29) is 17.0 Å². The Hall–Kier alpha value is -3.48. The molecule has 1 fully saturated rings. The molecule has 174 valence electrons. The quantitative estimate of drug-likeness (QED) is 0.647. The molecule has 1 atom stereocenters. The summed E-state index contributed by atoms with van der Waals surface area (Å²) in [6.45, 7) is 6.53. The Labute approximate surface area is 192 Å². The number of aryl methyl sites for hydroxylation is 1. The second-order valence-electron chi connectivity index (χ2n) is 8.14. The van der Waals surface area contributed by atoms with Crippen LogP contribution in [0.5, 0.6) is 17.2 Å². The zero-order valence-corrected chi connectivity index (χ0v) is 19.1. The minimum absolute atomic E-state index is 0.0193. The molecule has 2 aliphatic rings. The molecule has 0 amide bonds. The summed E-state index contributed by atoms with van der Waals surface area (Å²) in [4.78, 5) is 15.2. The Kier molecular flexibility index (Phi) is 6.58. The number of ether oxygens (including phenoxy) is 4. The number of methoxy groups -OCH3 is 2. The highest BCUT2D eigenvalue weighted by Crippen LogP contribution is 2.46. The summed E-state index contributed by atoms with van der Waals surface area (Å²) >= 11 is 0. The fourth-order valence-corrected chi connectivity index (χ4v) is 4.59. The summed E-state index contributed by atoms with van der Waals surface area (Å²) in [5, 5.41) is 9.93. The standard InChI is InChI=1S/C24H28N4O5/c1-15-13-19-21(24(29)28(15)8-7-27-9-11-32-12-10-27)20(17(14-25)23(26)33-19)16-5-4-6-18(30-2)22(16)31-3/h4-6,13,20H,7-12,26H2,1-3H3/p+1/t20-/m1/s1. The van der Waals surface area contributed by atoms with E-state index in [9.17, 15) is 10.1 Å². The predicted octanol–water partition coefficient (Wildman–Crippen LogP) is 0.307. The van der Waals surface area contributed by atoms with Crippen LogP contribution >= 0.6 is 0 Å². The zero-order chi connectivity index (χ0) is 23.5. The summed E-state index contributed by atoms with van der Waals surface area (Å²) in [6, 6.07) is 9.33. The van der Waals surface area contributed by atoms with Crippen molar-refractivity contribution in [3.8, 4) is 23.3 Å². The van der Waals surface area contributed by atoms with Crippen LogP contribution in [0.15, 0.2) is 40.5 Å². The van der Waals surface area contributed by atoms with Gasteiger partial charge >= 0.3 is 0 Å². The van der Waals surface area contributed by atoms with Gasteiger partial charge in [0.05, 0.1) is 52.0 Å². The van der Waals surface area contributed by atoms with Gasteiger partial charge in [0, 0.05) is 17.3 Å². The lowest BCUT2D eigenvalue weighted by Crippen LogP contribution is -3.14. The molecule has 3 N–H and O–H groups in total. The summed E-state index contributed by atoms with van der Waals surface area (Å²) in [5.41, 5.74) is 7.86. The van der Waals surface area contributed by atoms with Crippen molar-refractivity contribution in [1.82, 2.24) is 4.57 Å². The number of para-hydroxylation sites is 1. The smallest absolute Gasteiger partial charge is 0.258 e. The van der Waals surface area contributed by atoms with Gasteiger partial charge in [-0.15, -0.1) is 0 Å². The number of nitrogens with one attached hydrogen (secondary N) is 1. The molecular weight excluding hydrogens is 424 g/mol. The van der Waals surface area contributed by atoms with Crippen LogP contribution in [0.2, 0.25) is 0 Å². The van der Waals surface area contributed by atoms with Crippen LogP contribution in [0.25, 0.3) is 0 Å². The van der Waals surface area contributed by atoms with E-state index in [0.717, 1.165) is 38.5 Å². The van der Waals surface area contributed by atoms with Crippen LogP contribution in [-0.2, 0) is 11.3 Å². The Morgan fingerprint density at radius 3 is 2.70 bits per heavy atom. The van der Waals surface area contributed by atoms with Crippen molar-refractivity contribution in [2.45, 2.75) is 19.4 Å². The largest absolute Gasteiger partial charge is 0.493 e. The van der Waals surface area contributed by atoms with Crippen LogP contribution in [0.3, 0.4) is 0 Å². The fourth-order valence-electron chi connectivity index (χ4n) is 4.59. The van der Waals surface area contributed by atoms with Crippen LogP contribution < -0.4 is 30.4 Å². The summed E-state index contributed by atoms with van der Waals surface area (Å²) in [7, 11) is 3.07. The third kappa shape index (κ3) is 4.15. The number of rotatable bonds is 6. The number of nitriles is 1. The number of fused-ring (bicyclic) bond motifs is 1. The molecular formula is C24H29N4O5+. The number of hydrogen-bond acceptors (Lipinski definition) is 7. The van der Waals surface area contributed by atoms with E-state index in [1.54, 1.807) is 23.8 Å². The lowest BCUT2D eigenvalue weighted by Gasteiger charge is -2.29. The first kappa shape index (κ1) is 22.7. The molecule has 0 bridgehead atoms. The lowest BCUT2D eigenvalue weighted by atomic mass is 9.83. The summed E-state index contributed by atoms with van der Waals surface area (Å²) in [6.07, 6.45) is 0. The zero-order valence-electron chi connectivity index (χ0n) is 19.1. The minimum Gasteiger partial charge on any atom is -0.493 e. The van der Waals surface area contributed by atoms with E-state index < -0.39 is 5.92 Å². The third-order valence-corrected chi connectivity index (χ3v) is 6.32. The number of pyridine rings is 1. The van der Waals surface area contributed by atoms with Gasteiger partial charge in [-0.3, -0.25) is 4.79 Å². The molecule has 2 aromatic rings. The van der Waals surface area contributed by atoms with Gasteiger partial charge in [0.25, 0.3) is 5.56 Å². The van der Waals surface area contributed by atoms with Gasteiger partial charge in [-0.2, -0.15) is 5.26 Å². The Balaban J connectivity index is 1.84. The summed E-state index contributed by atoms with van der Waals surface area (Å²) < 4.78 is 24.0. The van der Waals surface area contributed by atoms with E-state index in [1.165, 1.54) is 12.0 Å². The second-order valence-corrected chi connectivity index (χ2v) is 8.14. The number of nitrogens with two attached hydrogens (primary N) is 1. The van der Waals surface area contributed by atoms with Gasteiger partial charge in [-0.25, -0.2) is 0 Å². The minimum atomic E-state index is -0.737. The van der Waals surface area contributed by atoms with Gasteiger partial charge in [0.2, 0.25) is 5.88 Å². The Morgan fingerprint density at radius 1 is 1.27 bits per heavy atom. The number of quaternary nitrogens is 1. The normalized spacial score (nSPS) is 18.3. The number of allylic oxidation sites excluding steroid dienone is 1. The van der Waals surface area contributed by atoms with Crippen molar-refractivity contribution in [2.75, 3.05) is 47.1 Å². The molecule has 1 aromatic carbocycles. The Morgan fingerprint density at radius 2 is 2.03 bits per heavy atom. The van der Waals surface area contributed by atoms with Crippen LogP contribution in [0.4, 0.5) is 0 Å². The highest BCUT2D eigenvalue weighted by molar-refractivity contribution is 5.60. The van der Waals surface area contributed by atoms with Crippen molar-refractivity contribution < 1.29 is 23.8 Å². The molecule has 3 heterocycles. The van der Waals surface area contributed by atoms with E-state index in [0.29, 0.717) is 34.9 Å². The van der Waals surface area contributed by atoms with E-state index in [4.69, 9.17) is 24.7 Å². The van der Waals surface area contributed by atoms with Crippen LogP contribution in [0.1, 0.15) is 22.7 Å². The number of nitrogens with zero attached hydrogens (tertiary/aromatic N) is 2. The number of morpholine rings is 1. The molecule has 9 nitrogen and oxygen atoms in total. The van der Waals surface area contributed by atoms with Gasteiger partial charge in [-0.05, 0) is 13.0 Å². The van der Waals surface area contributed by atoms with Crippen molar-refractivity contribution in [3.63, 3.8) is 0 Å². The average Bonchev–Trinajstić information content (AvgIpc) is 2.83. The second kappa shape index (κ2) is 9.57. The molecule has 0 aliphatic carbocycles. The Bertz CT molecular complexity index is 1170. The molecule has 0 saturated carbocycles. The van der Waals surface area contributed by atoms with Crippen LogP contribution in [0, 0.1) is 18.3 Å². The summed E-state index contributed by atoms with van der Waals surface area (Å²) in [5.74, 6) is 0.553. The topological polar surface area (TPSA) is 113 Å². The van der Waals surface area contributed by atoms with Gasteiger partial charge in [-0.1, -0.05) is 12.1 Å². The van der Waals surface area contributed by atoms with Gasteiger partial charge in [0.1, 0.15) is 30.5 Å². The monoisotopic (exact) mass is 453 g/mol.